The second-order valence-electron chi connectivity index (χ2n) is 9.03. The van der Waals surface area contributed by atoms with E-state index in [1.807, 2.05) is 18.2 Å². The molecule has 0 amide bonds. The lowest BCUT2D eigenvalue weighted by atomic mass is 10.1. The molecule has 1 atom stereocenters. The number of piperazine rings is 1. The summed E-state index contributed by atoms with van der Waals surface area (Å²) in [5.41, 5.74) is 0.669. The molecule has 2 fully saturated rings. The molecule has 0 spiro atoms. The van der Waals surface area contributed by atoms with Crippen molar-refractivity contribution in [1.29, 1.82) is 0 Å². The fourth-order valence-corrected chi connectivity index (χ4v) is 7.69. The maximum Gasteiger partial charge on any atom is 0.245 e. The van der Waals surface area contributed by atoms with Gasteiger partial charge in [-0.15, -0.1) is 0 Å². The van der Waals surface area contributed by atoms with Crippen molar-refractivity contribution in [2.45, 2.75) is 30.2 Å². The van der Waals surface area contributed by atoms with E-state index in [-0.39, 0.29) is 0 Å². The molecule has 0 aliphatic carbocycles. The third-order valence-electron chi connectivity index (χ3n) is 6.92. The van der Waals surface area contributed by atoms with Gasteiger partial charge in [0.15, 0.2) is 0 Å². The van der Waals surface area contributed by atoms with Crippen molar-refractivity contribution in [2.75, 3.05) is 56.5 Å². The van der Waals surface area contributed by atoms with Gasteiger partial charge in [0.2, 0.25) is 10.0 Å². The van der Waals surface area contributed by atoms with Crippen LogP contribution in [0.1, 0.15) is 19.3 Å². The summed E-state index contributed by atoms with van der Waals surface area (Å²) in [6, 6.07) is 14.2. The van der Waals surface area contributed by atoms with Crippen molar-refractivity contribution in [3.05, 3.63) is 46.9 Å². The summed E-state index contributed by atoms with van der Waals surface area (Å²) in [5, 5.41) is 4.55. The minimum absolute atomic E-state index is 0.350. The number of rotatable bonds is 7. The monoisotopic (exact) mass is 563 g/mol. The Morgan fingerprint density at radius 3 is 2.68 bits per heavy atom. The molecule has 2 aliphatic heterocycles. The maximum atomic E-state index is 13.6. The highest BCUT2D eigenvalue weighted by molar-refractivity contribution is 9.10. The first-order valence-electron chi connectivity index (χ1n) is 11.8. The van der Waals surface area contributed by atoms with E-state index >= 15 is 0 Å². The van der Waals surface area contributed by atoms with Crippen molar-refractivity contribution < 1.29 is 8.42 Å². The number of aromatic nitrogens is 1. The van der Waals surface area contributed by atoms with Crippen LogP contribution in [0.5, 0.6) is 0 Å². The molecule has 2 saturated heterocycles. The van der Waals surface area contributed by atoms with Crippen molar-refractivity contribution in [3.8, 4) is 0 Å². The van der Waals surface area contributed by atoms with E-state index in [0.29, 0.717) is 42.8 Å². The molecule has 5 rings (SSSR count). The summed E-state index contributed by atoms with van der Waals surface area (Å²) in [6.45, 7) is 4.02. The molecule has 3 heterocycles. The Morgan fingerprint density at radius 1 is 1.12 bits per heavy atom. The average Bonchev–Trinajstić information content (AvgIpc) is 3.45. The number of sulfonamides is 1. The van der Waals surface area contributed by atoms with Gasteiger partial charge in [-0.05, 0) is 74.7 Å². The van der Waals surface area contributed by atoms with Gasteiger partial charge in [-0.1, -0.05) is 28.1 Å². The Morgan fingerprint density at radius 2 is 1.91 bits per heavy atom. The second-order valence-corrected chi connectivity index (χ2v) is 12.7. The van der Waals surface area contributed by atoms with Gasteiger partial charge in [0.05, 0.1) is 10.4 Å². The van der Waals surface area contributed by atoms with Crippen LogP contribution >= 0.6 is 27.5 Å². The van der Waals surface area contributed by atoms with Crippen LogP contribution in [0.15, 0.2) is 51.8 Å². The summed E-state index contributed by atoms with van der Waals surface area (Å²) < 4.78 is 35.5. The largest absolute Gasteiger partial charge is 0.384 e. The van der Waals surface area contributed by atoms with E-state index in [2.05, 4.69) is 54.6 Å². The molecule has 1 aromatic heterocycles. The van der Waals surface area contributed by atoms with E-state index in [1.54, 1.807) is 16.4 Å². The van der Waals surface area contributed by atoms with Gasteiger partial charge in [0.1, 0.15) is 10.7 Å². The summed E-state index contributed by atoms with van der Waals surface area (Å²) in [5.74, 6) is 0.959. The van der Waals surface area contributed by atoms with Gasteiger partial charge in [0.25, 0.3) is 0 Å². The predicted octanol–water partition coefficient (Wildman–Crippen LogP) is 4.47. The third kappa shape index (κ3) is 4.83. The standard InChI is InChI=1S/C24H30BrN5O2S2/c1-28-12-4-5-19(28)10-11-26-21-17-18(25)8-9-23(21)34(31,32)30-15-13-29(14-16-30)24-20-6-2-3-7-22(20)33-27-24/h2-3,6-9,17,19,26H,4-5,10-16H2,1H3. The summed E-state index contributed by atoms with van der Waals surface area (Å²) in [6.07, 6.45) is 3.45. The first kappa shape index (κ1) is 24.0. The minimum atomic E-state index is -3.61. The lowest BCUT2D eigenvalue weighted by Gasteiger charge is -2.34. The second kappa shape index (κ2) is 10.1. The van der Waals surface area contributed by atoms with Crippen molar-refractivity contribution in [3.63, 3.8) is 0 Å². The highest BCUT2D eigenvalue weighted by Gasteiger charge is 2.31. The highest BCUT2D eigenvalue weighted by Crippen LogP contribution is 2.32. The van der Waals surface area contributed by atoms with E-state index in [0.717, 1.165) is 39.9 Å². The molecule has 0 saturated carbocycles. The molecule has 7 nitrogen and oxygen atoms in total. The zero-order valence-corrected chi connectivity index (χ0v) is 22.5. The number of benzene rings is 2. The van der Waals surface area contributed by atoms with Gasteiger partial charge in [-0.3, -0.25) is 0 Å². The summed E-state index contributed by atoms with van der Waals surface area (Å²) in [4.78, 5) is 4.94. The molecule has 10 heteroatoms. The van der Waals surface area contributed by atoms with E-state index < -0.39 is 10.0 Å². The van der Waals surface area contributed by atoms with Gasteiger partial charge in [-0.2, -0.15) is 8.68 Å². The quantitative estimate of drug-likeness (QED) is 0.457. The Balaban J connectivity index is 1.28. The number of hydrogen-bond acceptors (Lipinski definition) is 7. The number of fused-ring (bicyclic) bond motifs is 1. The molecular formula is C24H30BrN5O2S2. The van der Waals surface area contributed by atoms with E-state index in [9.17, 15) is 8.42 Å². The Hall–Kier alpha value is -1.72. The Kier molecular flexibility index (Phi) is 7.13. The van der Waals surface area contributed by atoms with Gasteiger partial charge < -0.3 is 15.1 Å². The molecule has 1 N–H and O–H groups in total. The SMILES string of the molecule is CN1CCCC1CCNc1cc(Br)ccc1S(=O)(=O)N1CCN(c2nsc3ccccc23)CC1. The van der Waals surface area contributed by atoms with Gasteiger partial charge >= 0.3 is 0 Å². The van der Waals surface area contributed by atoms with E-state index in [4.69, 9.17) is 0 Å². The molecule has 0 radical (unpaired) electrons. The molecule has 34 heavy (non-hydrogen) atoms. The van der Waals surface area contributed by atoms with Crippen LogP contribution in [0.3, 0.4) is 0 Å². The number of halogens is 1. The van der Waals surface area contributed by atoms with Gasteiger partial charge in [-0.25, -0.2) is 8.42 Å². The summed E-state index contributed by atoms with van der Waals surface area (Å²) >= 11 is 5.00. The normalized spacial score (nSPS) is 20.3. The molecule has 2 aromatic carbocycles. The van der Waals surface area contributed by atoms with Gasteiger partial charge in [0, 0.05) is 48.6 Å². The molecular weight excluding hydrogens is 534 g/mol. The zero-order valence-electron chi connectivity index (χ0n) is 19.3. The van der Waals surface area contributed by atoms with Crippen LogP contribution in [-0.4, -0.2) is 74.4 Å². The number of anilines is 2. The smallest absolute Gasteiger partial charge is 0.245 e. The summed E-state index contributed by atoms with van der Waals surface area (Å²) in [7, 11) is -1.44. The van der Waals surface area contributed by atoms with Crippen LogP contribution in [0.25, 0.3) is 10.1 Å². The van der Waals surface area contributed by atoms with Crippen LogP contribution in [-0.2, 0) is 10.0 Å². The van der Waals surface area contributed by atoms with Crippen molar-refractivity contribution >= 4 is 59.1 Å². The maximum absolute atomic E-state index is 13.6. The van der Waals surface area contributed by atoms with Crippen LogP contribution in [0.2, 0.25) is 0 Å². The molecule has 0 bridgehead atoms. The number of nitrogens with zero attached hydrogens (tertiary/aromatic N) is 4. The molecule has 3 aromatic rings. The highest BCUT2D eigenvalue weighted by atomic mass is 79.9. The van der Waals surface area contributed by atoms with Crippen LogP contribution < -0.4 is 10.2 Å². The minimum Gasteiger partial charge on any atom is -0.384 e. The zero-order chi connectivity index (χ0) is 23.7. The number of hydrogen-bond donors (Lipinski definition) is 1. The first-order valence-corrected chi connectivity index (χ1v) is 14.8. The fraction of sp³-hybridized carbons (Fsp3) is 0.458. The Labute approximate surface area is 214 Å². The lowest BCUT2D eigenvalue weighted by Crippen LogP contribution is -2.48. The van der Waals surface area contributed by atoms with Crippen LogP contribution in [0.4, 0.5) is 11.5 Å². The topological polar surface area (TPSA) is 68.8 Å². The Bertz CT molecular complexity index is 1260. The fourth-order valence-electron chi connectivity index (χ4n) is 4.96. The molecule has 2 aliphatic rings. The molecule has 1 unspecified atom stereocenters. The average molecular weight is 565 g/mol. The number of likely N-dealkylation sites (tertiary alicyclic amines) is 1. The van der Waals surface area contributed by atoms with E-state index in [1.165, 1.54) is 24.4 Å². The third-order valence-corrected chi connectivity index (χ3v) is 10.2. The molecule has 182 valence electrons. The van der Waals surface area contributed by atoms with Crippen molar-refractivity contribution in [1.82, 2.24) is 13.6 Å². The lowest BCUT2D eigenvalue weighted by molar-refractivity contribution is 0.301. The first-order chi connectivity index (χ1) is 16.4. The number of nitrogens with one attached hydrogen (secondary N) is 1. The van der Waals surface area contributed by atoms with Crippen LogP contribution in [0, 0.1) is 0 Å². The predicted molar refractivity (Wildman–Crippen MR) is 143 cm³/mol. The van der Waals surface area contributed by atoms with Crippen molar-refractivity contribution in [2.24, 2.45) is 0 Å².